The Morgan fingerprint density at radius 1 is 0.795 bits per heavy atom. The average Bonchev–Trinajstić information content (AvgIpc) is 2.98. The maximum absolute atomic E-state index is 10.6. The Hall–Kier alpha value is -4.19. The predicted molar refractivity (Wildman–Crippen MR) is 157 cm³/mol. The van der Waals surface area contributed by atoms with Gasteiger partial charge in [-0.1, -0.05) is 54.6 Å². The van der Waals surface area contributed by atoms with Gasteiger partial charge >= 0.3 is 0 Å². The van der Waals surface area contributed by atoms with Gasteiger partial charge in [0.2, 0.25) is 0 Å². The van der Waals surface area contributed by atoms with Crippen molar-refractivity contribution in [3.05, 3.63) is 102 Å². The van der Waals surface area contributed by atoms with E-state index in [1.54, 1.807) is 7.11 Å². The fraction of sp³-hybridized carbons (Fsp3) is 0.206. The Labute approximate surface area is 229 Å². The van der Waals surface area contributed by atoms with Gasteiger partial charge in [-0.2, -0.15) is 0 Å². The van der Waals surface area contributed by atoms with Crippen LogP contribution in [0.4, 0.5) is 5.82 Å². The van der Waals surface area contributed by atoms with Gasteiger partial charge in [-0.3, -0.25) is 4.90 Å². The Morgan fingerprint density at radius 3 is 2.18 bits per heavy atom. The monoisotopic (exact) mass is 517 g/mol. The topological polar surface area (TPSA) is 56.8 Å². The molecule has 0 aliphatic carbocycles. The number of aliphatic hydroxyl groups is 2. The molecular formula is C34H33N2O3+. The van der Waals surface area contributed by atoms with Crippen LogP contribution >= 0.6 is 0 Å². The number of ether oxygens (including phenoxy) is 1. The Morgan fingerprint density at radius 2 is 1.51 bits per heavy atom. The number of aliphatic hydroxyl groups excluding tert-OH is 2. The molecule has 39 heavy (non-hydrogen) atoms. The third kappa shape index (κ3) is 4.24. The van der Waals surface area contributed by atoms with Crippen LogP contribution in [-0.2, 0) is 26.2 Å². The van der Waals surface area contributed by atoms with E-state index >= 15 is 0 Å². The first kappa shape index (κ1) is 25.1. The smallest absolute Gasteiger partial charge is 0.284 e. The van der Waals surface area contributed by atoms with Gasteiger partial charge in [-0.15, -0.1) is 0 Å². The van der Waals surface area contributed by atoms with Crippen LogP contribution in [0.2, 0.25) is 0 Å². The van der Waals surface area contributed by atoms with E-state index in [-0.39, 0.29) is 13.2 Å². The molecular weight excluding hydrogens is 484 g/mol. The molecule has 0 atom stereocenters. The maximum atomic E-state index is 10.6. The molecule has 4 aromatic carbocycles. The molecule has 1 aliphatic rings. The number of methoxy groups -OCH3 is 1. The lowest BCUT2D eigenvalue weighted by Crippen LogP contribution is -2.45. The Kier molecular flexibility index (Phi) is 6.55. The molecule has 2 N–H and O–H groups in total. The molecule has 0 amide bonds. The van der Waals surface area contributed by atoms with Crippen molar-refractivity contribution >= 4 is 16.6 Å². The molecule has 0 spiro atoms. The highest BCUT2D eigenvalue weighted by molar-refractivity contribution is 6.04. The first-order chi connectivity index (χ1) is 19.0. The molecule has 2 heterocycles. The molecule has 6 rings (SSSR count). The normalized spacial score (nSPS) is 12.2. The number of benzene rings is 4. The molecule has 0 saturated heterocycles. The van der Waals surface area contributed by atoms with Gasteiger partial charge in [0.1, 0.15) is 11.4 Å². The SMILES string of the molecule is COc1ccc2c(c1)CC[n+]1c-2cc2c(-c3ccc(-c4ccccc4)cc3)c(CO)c(CO)cc2c1N(C)C. The molecule has 0 fully saturated rings. The molecule has 5 nitrogen and oxygen atoms in total. The third-order valence-corrected chi connectivity index (χ3v) is 7.86. The maximum Gasteiger partial charge on any atom is 0.284 e. The molecule has 196 valence electrons. The Bertz CT molecular complexity index is 1680. The second-order valence-electron chi connectivity index (χ2n) is 10.3. The number of rotatable bonds is 6. The molecule has 0 bridgehead atoms. The summed E-state index contributed by atoms with van der Waals surface area (Å²) in [7, 11) is 5.84. The van der Waals surface area contributed by atoms with E-state index in [1.807, 2.05) is 24.3 Å². The van der Waals surface area contributed by atoms with E-state index in [1.165, 1.54) is 11.1 Å². The van der Waals surface area contributed by atoms with Crippen molar-refractivity contribution in [1.29, 1.82) is 0 Å². The standard InChI is InChI=1S/C34H33N2O3/c1-35(2)34-30-18-26(20-37)31(21-38)33(24-11-9-23(10-12-24)22-7-5-4-6-8-22)29(30)19-32-28-14-13-27(39-3)17-25(28)15-16-36(32)34/h4-14,17-19,37-38H,15-16,20-21H2,1-3H3/q+1. The lowest BCUT2D eigenvalue weighted by Gasteiger charge is -2.25. The van der Waals surface area contributed by atoms with Crippen LogP contribution in [0.15, 0.2) is 84.9 Å². The second-order valence-corrected chi connectivity index (χ2v) is 10.3. The first-order valence-corrected chi connectivity index (χ1v) is 13.3. The molecule has 0 saturated carbocycles. The summed E-state index contributed by atoms with van der Waals surface area (Å²) in [6, 6.07) is 29.4. The molecule has 0 unspecified atom stereocenters. The van der Waals surface area contributed by atoms with E-state index in [4.69, 9.17) is 4.74 Å². The van der Waals surface area contributed by atoms with Crippen molar-refractivity contribution in [1.82, 2.24) is 0 Å². The van der Waals surface area contributed by atoms with Gasteiger partial charge in [0.15, 0.2) is 0 Å². The summed E-state index contributed by atoms with van der Waals surface area (Å²) >= 11 is 0. The second kappa shape index (κ2) is 10.2. The van der Waals surface area contributed by atoms with Crippen molar-refractivity contribution < 1.29 is 19.5 Å². The van der Waals surface area contributed by atoms with Gasteiger partial charge in [-0.25, -0.2) is 4.57 Å². The van der Waals surface area contributed by atoms with E-state index in [9.17, 15) is 10.2 Å². The van der Waals surface area contributed by atoms with Crippen LogP contribution < -0.4 is 14.2 Å². The molecule has 1 aliphatic heterocycles. The first-order valence-electron chi connectivity index (χ1n) is 13.3. The van der Waals surface area contributed by atoms with Gasteiger partial charge in [0, 0.05) is 17.4 Å². The van der Waals surface area contributed by atoms with Crippen molar-refractivity contribution in [2.45, 2.75) is 26.2 Å². The number of anilines is 1. The highest BCUT2D eigenvalue weighted by Gasteiger charge is 2.29. The number of aromatic nitrogens is 1. The largest absolute Gasteiger partial charge is 0.497 e. The summed E-state index contributed by atoms with van der Waals surface area (Å²) in [6.07, 6.45) is 0.909. The minimum Gasteiger partial charge on any atom is -0.497 e. The fourth-order valence-corrected chi connectivity index (χ4v) is 6.04. The molecule has 0 radical (unpaired) electrons. The Balaban J connectivity index is 1.65. The van der Waals surface area contributed by atoms with E-state index < -0.39 is 0 Å². The average molecular weight is 518 g/mol. The van der Waals surface area contributed by atoms with Crippen LogP contribution in [0.1, 0.15) is 16.7 Å². The molecule has 1 aromatic heterocycles. The number of nitrogens with zero attached hydrogens (tertiary/aromatic N) is 2. The lowest BCUT2D eigenvalue weighted by molar-refractivity contribution is -0.674. The van der Waals surface area contributed by atoms with Crippen LogP contribution in [0.5, 0.6) is 5.75 Å². The van der Waals surface area contributed by atoms with Crippen LogP contribution in [-0.4, -0.2) is 31.4 Å². The highest BCUT2D eigenvalue weighted by atomic mass is 16.5. The highest BCUT2D eigenvalue weighted by Crippen LogP contribution is 2.41. The zero-order valence-corrected chi connectivity index (χ0v) is 22.6. The number of fused-ring (bicyclic) bond motifs is 4. The van der Waals surface area contributed by atoms with E-state index in [2.05, 4.69) is 84.2 Å². The minimum absolute atomic E-state index is 0.141. The summed E-state index contributed by atoms with van der Waals surface area (Å²) < 4.78 is 7.88. The lowest BCUT2D eigenvalue weighted by atomic mass is 9.87. The summed E-state index contributed by atoms with van der Waals surface area (Å²) in [5.41, 5.74) is 9.37. The zero-order chi connectivity index (χ0) is 27.1. The van der Waals surface area contributed by atoms with Crippen LogP contribution in [0.3, 0.4) is 0 Å². The van der Waals surface area contributed by atoms with Gasteiger partial charge in [-0.05, 0) is 69.3 Å². The van der Waals surface area contributed by atoms with E-state index in [0.29, 0.717) is 0 Å². The van der Waals surface area contributed by atoms with Crippen LogP contribution in [0.25, 0.3) is 44.3 Å². The summed E-state index contributed by atoms with van der Waals surface area (Å²) in [4.78, 5) is 2.16. The zero-order valence-electron chi connectivity index (χ0n) is 22.6. The fourth-order valence-electron chi connectivity index (χ4n) is 6.04. The van der Waals surface area contributed by atoms with Crippen LogP contribution in [0, 0.1) is 0 Å². The van der Waals surface area contributed by atoms with E-state index in [0.717, 1.165) is 74.4 Å². The van der Waals surface area contributed by atoms with Gasteiger partial charge < -0.3 is 14.9 Å². The molecule has 5 heteroatoms. The molecule has 5 aromatic rings. The quantitative estimate of drug-likeness (QED) is 0.282. The van der Waals surface area contributed by atoms with Crippen molar-refractivity contribution in [2.75, 3.05) is 26.1 Å². The third-order valence-electron chi connectivity index (χ3n) is 7.86. The van der Waals surface area contributed by atoms with Crippen molar-refractivity contribution in [3.63, 3.8) is 0 Å². The number of aryl methyl sites for hydroxylation is 1. The number of hydrogen-bond donors (Lipinski definition) is 2. The van der Waals surface area contributed by atoms with Gasteiger partial charge in [0.05, 0.1) is 46.3 Å². The predicted octanol–water partition coefficient (Wildman–Crippen LogP) is 5.74. The number of hydrogen-bond acceptors (Lipinski definition) is 4. The minimum atomic E-state index is -0.156. The summed E-state index contributed by atoms with van der Waals surface area (Å²) in [5.74, 6) is 1.95. The number of pyridine rings is 1. The van der Waals surface area contributed by atoms with Crippen molar-refractivity contribution in [2.24, 2.45) is 0 Å². The van der Waals surface area contributed by atoms with Crippen molar-refractivity contribution in [3.8, 4) is 39.3 Å². The summed E-state index contributed by atoms with van der Waals surface area (Å²) in [6.45, 7) is 0.547. The summed E-state index contributed by atoms with van der Waals surface area (Å²) in [5, 5.41) is 23.1. The van der Waals surface area contributed by atoms with Gasteiger partial charge in [0.25, 0.3) is 5.82 Å².